The van der Waals surface area contributed by atoms with Crippen LogP contribution in [0.2, 0.25) is 0 Å². The molecule has 6 nitrogen and oxygen atoms in total. The van der Waals surface area contributed by atoms with Crippen molar-refractivity contribution in [1.82, 2.24) is 9.55 Å². The van der Waals surface area contributed by atoms with Gasteiger partial charge in [0, 0.05) is 16.4 Å². The number of anilines is 1. The Labute approximate surface area is 166 Å². The molecule has 0 spiro atoms. The maximum Gasteiger partial charge on any atom is 0.267 e. The number of hydrogen-bond donors (Lipinski definition) is 2. The van der Waals surface area contributed by atoms with Crippen LogP contribution in [-0.4, -0.2) is 20.6 Å². The summed E-state index contributed by atoms with van der Waals surface area (Å²) < 4.78 is 3.13. The van der Waals surface area contributed by atoms with E-state index in [4.69, 9.17) is 0 Å². The number of benzene rings is 2. The van der Waals surface area contributed by atoms with Gasteiger partial charge < -0.3 is 9.67 Å². The van der Waals surface area contributed by atoms with Crippen LogP contribution in [0.3, 0.4) is 0 Å². The Kier molecular flexibility index (Phi) is 4.45. The molecular formula is C19H14BrN3O3S. The highest BCUT2D eigenvalue weighted by Gasteiger charge is 2.23. The molecule has 8 heteroatoms. The van der Waals surface area contributed by atoms with Crippen molar-refractivity contribution in [3.05, 3.63) is 62.9 Å². The van der Waals surface area contributed by atoms with Crippen molar-refractivity contribution in [2.45, 2.75) is 13.5 Å². The molecule has 0 atom stereocenters. The third kappa shape index (κ3) is 3.00. The number of carbonyl (C=O) groups excluding carboxylic acids is 1. The van der Waals surface area contributed by atoms with Crippen molar-refractivity contribution < 1.29 is 9.90 Å². The van der Waals surface area contributed by atoms with Crippen molar-refractivity contribution in [3.8, 4) is 5.75 Å². The van der Waals surface area contributed by atoms with E-state index in [1.807, 2.05) is 31.2 Å². The van der Waals surface area contributed by atoms with Crippen molar-refractivity contribution in [3.63, 3.8) is 0 Å². The molecule has 2 heterocycles. The second-order valence-electron chi connectivity index (χ2n) is 5.88. The molecule has 0 saturated carbocycles. The molecule has 0 radical (unpaired) electrons. The SMILES string of the molecule is CCn1c(=O)c(C(=O)Nc2nc3ccccc3s2)c(O)c2cc(Br)ccc21. The summed E-state index contributed by atoms with van der Waals surface area (Å²) in [5.41, 5.74) is 0.500. The van der Waals surface area contributed by atoms with Crippen LogP contribution in [0.25, 0.3) is 21.1 Å². The third-order valence-corrected chi connectivity index (χ3v) is 5.70. The molecule has 0 aliphatic heterocycles. The first-order chi connectivity index (χ1) is 13.0. The van der Waals surface area contributed by atoms with Crippen LogP contribution in [0, 0.1) is 0 Å². The first-order valence-corrected chi connectivity index (χ1v) is 9.82. The summed E-state index contributed by atoms with van der Waals surface area (Å²) in [5, 5.41) is 14.1. The van der Waals surface area contributed by atoms with E-state index in [1.165, 1.54) is 15.9 Å². The number of nitrogens with zero attached hydrogens (tertiary/aromatic N) is 2. The highest BCUT2D eigenvalue weighted by atomic mass is 79.9. The van der Waals surface area contributed by atoms with Gasteiger partial charge in [0.2, 0.25) is 0 Å². The number of thiazole rings is 1. The van der Waals surface area contributed by atoms with Crippen molar-refractivity contribution in [1.29, 1.82) is 0 Å². The van der Waals surface area contributed by atoms with Crippen LogP contribution in [0.15, 0.2) is 51.7 Å². The molecule has 2 aromatic heterocycles. The average molecular weight is 444 g/mol. The number of carbonyl (C=O) groups is 1. The van der Waals surface area contributed by atoms with E-state index < -0.39 is 11.5 Å². The van der Waals surface area contributed by atoms with E-state index in [1.54, 1.807) is 18.2 Å². The normalized spacial score (nSPS) is 11.2. The lowest BCUT2D eigenvalue weighted by Crippen LogP contribution is -2.29. The van der Waals surface area contributed by atoms with Gasteiger partial charge in [0.05, 0.1) is 15.7 Å². The zero-order valence-electron chi connectivity index (χ0n) is 14.2. The number of fused-ring (bicyclic) bond motifs is 2. The van der Waals surface area contributed by atoms with Crippen molar-refractivity contribution in [2.24, 2.45) is 0 Å². The van der Waals surface area contributed by atoms with Gasteiger partial charge in [-0.1, -0.05) is 39.4 Å². The Morgan fingerprint density at radius 1 is 1.30 bits per heavy atom. The van der Waals surface area contributed by atoms with Gasteiger partial charge in [-0.05, 0) is 37.3 Å². The Hall–Kier alpha value is -2.71. The van der Waals surface area contributed by atoms with Crippen LogP contribution >= 0.6 is 27.3 Å². The fourth-order valence-electron chi connectivity index (χ4n) is 3.02. The number of pyridine rings is 1. The molecule has 0 bridgehead atoms. The lowest BCUT2D eigenvalue weighted by molar-refractivity contribution is 0.102. The van der Waals surface area contributed by atoms with Gasteiger partial charge >= 0.3 is 0 Å². The van der Waals surface area contributed by atoms with Crippen LogP contribution < -0.4 is 10.9 Å². The lowest BCUT2D eigenvalue weighted by Gasteiger charge is -2.13. The van der Waals surface area contributed by atoms with E-state index in [0.29, 0.717) is 22.6 Å². The number of halogens is 1. The fraction of sp³-hybridized carbons (Fsp3) is 0.105. The largest absolute Gasteiger partial charge is 0.506 e. The monoisotopic (exact) mass is 443 g/mol. The van der Waals surface area contributed by atoms with Gasteiger partial charge in [-0.2, -0.15) is 0 Å². The predicted octanol–water partition coefficient (Wildman–Crippen LogP) is 4.35. The molecule has 2 aromatic carbocycles. The highest BCUT2D eigenvalue weighted by Crippen LogP contribution is 2.30. The van der Waals surface area contributed by atoms with Gasteiger partial charge in [0.1, 0.15) is 11.3 Å². The fourth-order valence-corrected chi connectivity index (χ4v) is 4.24. The molecular weight excluding hydrogens is 430 g/mol. The average Bonchev–Trinajstić information content (AvgIpc) is 3.05. The second kappa shape index (κ2) is 6.79. The summed E-state index contributed by atoms with van der Waals surface area (Å²) in [6.45, 7) is 2.19. The number of aryl methyl sites for hydroxylation is 1. The standard InChI is InChI=1S/C19H14BrN3O3S/c1-2-23-13-8-7-10(20)9-11(13)16(24)15(18(23)26)17(25)22-19-21-12-5-3-4-6-14(12)27-19/h3-9,24H,2H2,1H3,(H,21,22,25). The smallest absolute Gasteiger partial charge is 0.267 e. The number of hydrogen-bond acceptors (Lipinski definition) is 5. The van der Waals surface area contributed by atoms with Crippen molar-refractivity contribution in [2.75, 3.05) is 5.32 Å². The van der Waals surface area contributed by atoms with Gasteiger partial charge in [0.15, 0.2) is 5.13 Å². The zero-order valence-corrected chi connectivity index (χ0v) is 16.6. The number of aromatic hydroxyl groups is 1. The lowest BCUT2D eigenvalue weighted by atomic mass is 10.1. The van der Waals surface area contributed by atoms with Crippen LogP contribution in [0.4, 0.5) is 5.13 Å². The van der Waals surface area contributed by atoms with E-state index >= 15 is 0 Å². The van der Waals surface area contributed by atoms with E-state index in [2.05, 4.69) is 26.2 Å². The summed E-state index contributed by atoms with van der Waals surface area (Å²) in [7, 11) is 0. The number of nitrogens with one attached hydrogen (secondary N) is 1. The Morgan fingerprint density at radius 3 is 2.81 bits per heavy atom. The number of para-hydroxylation sites is 1. The molecule has 27 heavy (non-hydrogen) atoms. The first kappa shape index (κ1) is 17.7. The molecule has 0 aliphatic rings. The molecule has 2 N–H and O–H groups in total. The van der Waals surface area contributed by atoms with Crippen molar-refractivity contribution >= 4 is 59.4 Å². The third-order valence-electron chi connectivity index (χ3n) is 4.26. The molecule has 0 unspecified atom stereocenters. The van der Waals surface area contributed by atoms with Gasteiger partial charge in [0.25, 0.3) is 11.5 Å². The summed E-state index contributed by atoms with van der Waals surface area (Å²) in [6, 6.07) is 12.7. The minimum atomic E-state index is -0.680. The Bertz CT molecular complexity index is 1230. The molecule has 0 aliphatic carbocycles. The van der Waals surface area contributed by atoms with Gasteiger partial charge in [-0.25, -0.2) is 4.98 Å². The summed E-state index contributed by atoms with van der Waals surface area (Å²) in [6.07, 6.45) is 0. The molecule has 4 rings (SSSR count). The summed E-state index contributed by atoms with van der Waals surface area (Å²) >= 11 is 4.67. The highest BCUT2D eigenvalue weighted by molar-refractivity contribution is 9.10. The summed E-state index contributed by atoms with van der Waals surface area (Å²) in [5.74, 6) is -1.01. The maximum absolute atomic E-state index is 12.8. The molecule has 1 amide bonds. The number of rotatable bonds is 3. The quantitative estimate of drug-likeness (QED) is 0.492. The van der Waals surface area contributed by atoms with E-state index in [-0.39, 0.29) is 11.3 Å². The Balaban J connectivity index is 1.84. The number of amides is 1. The molecule has 136 valence electrons. The van der Waals surface area contributed by atoms with Gasteiger partial charge in [-0.15, -0.1) is 0 Å². The topological polar surface area (TPSA) is 84.2 Å². The van der Waals surface area contributed by atoms with Gasteiger partial charge in [-0.3, -0.25) is 14.9 Å². The van der Waals surface area contributed by atoms with Crippen LogP contribution in [-0.2, 0) is 6.54 Å². The zero-order chi connectivity index (χ0) is 19.1. The molecule has 0 fully saturated rings. The first-order valence-electron chi connectivity index (χ1n) is 8.21. The van der Waals surface area contributed by atoms with E-state index in [0.717, 1.165) is 14.7 Å². The maximum atomic E-state index is 12.8. The molecule has 0 saturated heterocycles. The van der Waals surface area contributed by atoms with E-state index in [9.17, 15) is 14.7 Å². The predicted molar refractivity (Wildman–Crippen MR) is 111 cm³/mol. The minimum absolute atomic E-state index is 0.290. The van der Waals surface area contributed by atoms with Crippen LogP contribution in [0.1, 0.15) is 17.3 Å². The Morgan fingerprint density at radius 2 is 2.07 bits per heavy atom. The number of aromatic nitrogens is 2. The minimum Gasteiger partial charge on any atom is -0.506 e. The second-order valence-corrected chi connectivity index (χ2v) is 7.82. The summed E-state index contributed by atoms with van der Waals surface area (Å²) in [4.78, 5) is 30.0. The van der Waals surface area contributed by atoms with Crippen LogP contribution in [0.5, 0.6) is 5.75 Å². The molecule has 4 aromatic rings.